The molecule has 14 heavy (non-hydrogen) atoms. The highest BCUT2D eigenvalue weighted by Gasteiger charge is 1.99. The number of amides is 2. The predicted octanol–water partition coefficient (Wildman–Crippen LogP) is 1.23. The second-order valence-corrected chi connectivity index (χ2v) is 3.02. The van der Waals surface area contributed by atoms with E-state index < -0.39 is 6.03 Å². The van der Waals surface area contributed by atoms with E-state index in [1.54, 1.807) is 0 Å². The molecule has 0 aliphatic heterocycles. The fourth-order valence-corrected chi connectivity index (χ4v) is 1.17. The summed E-state index contributed by atoms with van der Waals surface area (Å²) in [5.41, 5.74) is 4.63. The standard InChI is InChI=1S/C6H3Cl.C4H6N2O/c7-6-3-4-1-2-5(4)6;1-2-3-6-4(5)7/h1-3H;1H,3H2,(H3,5,6,7). The predicted molar refractivity (Wildman–Crippen MR) is 55.5 cm³/mol. The fourth-order valence-electron chi connectivity index (χ4n) is 0.881. The molecule has 0 saturated heterocycles. The highest BCUT2D eigenvalue weighted by molar-refractivity contribution is 6.31. The zero-order valence-corrected chi connectivity index (χ0v) is 8.14. The summed E-state index contributed by atoms with van der Waals surface area (Å²) in [4.78, 5) is 9.77. The minimum atomic E-state index is -0.585. The van der Waals surface area contributed by atoms with Crippen molar-refractivity contribution in [1.29, 1.82) is 0 Å². The maximum Gasteiger partial charge on any atom is 0.312 e. The van der Waals surface area contributed by atoms with Gasteiger partial charge in [0.25, 0.3) is 0 Å². The van der Waals surface area contributed by atoms with Crippen LogP contribution >= 0.6 is 11.6 Å². The van der Waals surface area contributed by atoms with Crippen LogP contribution in [0.3, 0.4) is 0 Å². The van der Waals surface area contributed by atoms with E-state index in [-0.39, 0.29) is 6.54 Å². The van der Waals surface area contributed by atoms with Crippen LogP contribution in [0.2, 0.25) is 5.02 Å². The third kappa shape index (κ3) is 2.41. The number of carbonyl (C=O) groups excluding carboxylic acids is 1. The normalized spacial score (nSPS) is 9.14. The molecule has 0 fully saturated rings. The van der Waals surface area contributed by atoms with Crippen molar-refractivity contribution in [1.82, 2.24) is 5.32 Å². The number of hydrogen-bond acceptors (Lipinski definition) is 1. The van der Waals surface area contributed by atoms with Gasteiger partial charge in [-0.05, 0) is 11.3 Å². The monoisotopic (exact) mass is 208 g/mol. The van der Waals surface area contributed by atoms with Gasteiger partial charge in [-0.3, -0.25) is 0 Å². The van der Waals surface area contributed by atoms with E-state index in [4.69, 9.17) is 18.0 Å². The lowest BCUT2D eigenvalue weighted by Gasteiger charge is -2.01. The van der Waals surface area contributed by atoms with Crippen molar-refractivity contribution in [2.45, 2.75) is 0 Å². The Morgan fingerprint density at radius 1 is 1.64 bits per heavy atom. The number of primary amides is 1. The van der Waals surface area contributed by atoms with Crippen LogP contribution in [0.15, 0.2) is 18.2 Å². The summed E-state index contributed by atoms with van der Waals surface area (Å²) in [7, 11) is 0. The van der Waals surface area contributed by atoms with Gasteiger partial charge in [0.05, 0.1) is 6.54 Å². The molecule has 4 heteroatoms. The number of nitrogens with two attached hydrogens (primary N) is 1. The van der Waals surface area contributed by atoms with Crippen LogP contribution in [0.5, 0.6) is 0 Å². The van der Waals surface area contributed by atoms with Gasteiger partial charge in [0.1, 0.15) is 0 Å². The van der Waals surface area contributed by atoms with Crippen LogP contribution in [0.4, 0.5) is 4.79 Å². The smallest absolute Gasteiger partial charge is 0.312 e. The Labute approximate surface area is 86.6 Å². The summed E-state index contributed by atoms with van der Waals surface area (Å²) in [5.74, 6) is 2.19. The van der Waals surface area contributed by atoms with E-state index in [9.17, 15) is 4.79 Å². The summed E-state index contributed by atoms with van der Waals surface area (Å²) >= 11 is 5.60. The summed E-state index contributed by atoms with van der Waals surface area (Å²) < 4.78 is 0. The van der Waals surface area contributed by atoms with Gasteiger partial charge < -0.3 is 11.1 Å². The lowest BCUT2D eigenvalue weighted by Crippen LogP contribution is -2.29. The molecule has 2 rings (SSSR count). The van der Waals surface area contributed by atoms with E-state index in [1.165, 1.54) is 10.4 Å². The molecule has 2 aliphatic rings. The largest absolute Gasteiger partial charge is 0.352 e. The Bertz CT molecular complexity index is 476. The average Bonchev–Trinajstić information content (AvgIpc) is 2.11. The van der Waals surface area contributed by atoms with Crippen molar-refractivity contribution in [3.05, 3.63) is 33.7 Å². The van der Waals surface area contributed by atoms with Crippen LogP contribution in [0.1, 0.15) is 0 Å². The van der Waals surface area contributed by atoms with Crippen molar-refractivity contribution in [3.63, 3.8) is 0 Å². The average molecular weight is 209 g/mol. The van der Waals surface area contributed by atoms with E-state index in [2.05, 4.69) is 23.0 Å². The van der Waals surface area contributed by atoms with Crippen molar-refractivity contribution in [3.8, 4) is 12.3 Å². The molecule has 0 heterocycles. The summed E-state index contributed by atoms with van der Waals surface area (Å²) in [6.45, 7) is 0.204. The first-order valence-electron chi connectivity index (χ1n) is 3.92. The molecule has 72 valence electrons. The molecule has 2 amide bonds. The molecule has 0 radical (unpaired) electrons. The van der Waals surface area contributed by atoms with Gasteiger partial charge in [0.2, 0.25) is 0 Å². The highest BCUT2D eigenvalue weighted by Crippen LogP contribution is 2.20. The van der Waals surface area contributed by atoms with Crippen LogP contribution in [-0.4, -0.2) is 12.6 Å². The maximum atomic E-state index is 9.77. The lowest BCUT2D eigenvalue weighted by atomic mass is 10.1. The first-order chi connectivity index (χ1) is 6.65. The van der Waals surface area contributed by atoms with E-state index in [1.807, 2.05) is 12.1 Å². The SMILES string of the molecule is C#CCNC(N)=O.Clc1cc2ccc1=2. The highest BCUT2D eigenvalue weighted by atomic mass is 35.5. The van der Waals surface area contributed by atoms with Crippen molar-refractivity contribution >= 4 is 17.6 Å². The van der Waals surface area contributed by atoms with Gasteiger partial charge in [-0.2, -0.15) is 0 Å². The minimum Gasteiger partial charge on any atom is -0.352 e. The quantitative estimate of drug-likeness (QED) is 0.681. The molecular weight excluding hydrogens is 200 g/mol. The van der Waals surface area contributed by atoms with Gasteiger partial charge in [-0.15, -0.1) is 6.42 Å². The van der Waals surface area contributed by atoms with Gasteiger partial charge in [-0.1, -0.05) is 29.7 Å². The Kier molecular flexibility index (Phi) is 3.38. The maximum absolute atomic E-state index is 9.77. The number of urea groups is 1. The van der Waals surface area contributed by atoms with E-state index >= 15 is 0 Å². The summed E-state index contributed by atoms with van der Waals surface area (Å²) in [6.07, 6.45) is 4.76. The van der Waals surface area contributed by atoms with E-state index in [0.29, 0.717) is 0 Å². The second-order valence-electron chi connectivity index (χ2n) is 2.62. The van der Waals surface area contributed by atoms with Crippen LogP contribution in [0.25, 0.3) is 0 Å². The number of rotatable bonds is 1. The molecule has 0 bridgehead atoms. The van der Waals surface area contributed by atoms with Crippen LogP contribution < -0.4 is 11.1 Å². The Balaban J connectivity index is 0.000000140. The fraction of sp³-hybridized carbons (Fsp3) is 0.100. The van der Waals surface area contributed by atoms with Crippen LogP contribution in [-0.2, 0) is 0 Å². The zero-order chi connectivity index (χ0) is 10.6. The van der Waals surface area contributed by atoms with Crippen molar-refractivity contribution in [2.75, 3.05) is 6.54 Å². The number of terminal acetylenes is 1. The molecular formula is C10H9ClN2O. The van der Waals surface area contributed by atoms with Gasteiger partial charge in [0.15, 0.2) is 0 Å². The number of carbonyl (C=O) groups is 1. The number of nitrogens with one attached hydrogen (secondary N) is 1. The van der Waals surface area contributed by atoms with Gasteiger partial charge in [0, 0.05) is 10.2 Å². The Morgan fingerprint density at radius 2 is 2.36 bits per heavy atom. The van der Waals surface area contributed by atoms with Gasteiger partial charge >= 0.3 is 6.03 Å². The third-order valence-corrected chi connectivity index (χ3v) is 1.96. The molecule has 0 spiro atoms. The Hall–Kier alpha value is -1.66. The first-order valence-corrected chi connectivity index (χ1v) is 4.29. The summed E-state index contributed by atoms with van der Waals surface area (Å²) in [5, 5.41) is 5.66. The van der Waals surface area contributed by atoms with Crippen LogP contribution in [0, 0.1) is 22.8 Å². The van der Waals surface area contributed by atoms with Crippen molar-refractivity contribution < 1.29 is 4.79 Å². The topological polar surface area (TPSA) is 55.1 Å². The van der Waals surface area contributed by atoms with Crippen molar-refractivity contribution in [2.24, 2.45) is 5.73 Å². The molecule has 0 aromatic heterocycles. The lowest BCUT2D eigenvalue weighted by molar-refractivity contribution is 0.250. The number of hydrogen-bond donors (Lipinski definition) is 2. The Morgan fingerprint density at radius 3 is 2.43 bits per heavy atom. The summed E-state index contributed by atoms with van der Waals surface area (Å²) in [6, 6.07) is 5.47. The molecule has 3 N–H and O–H groups in total. The molecule has 0 aromatic carbocycles. The molecule has 0 aromatic rings. The molecule has 0 saturated carbocycles. The van der Waals surface area contributed by atoms with E-state index in [0.717, 1.165) is 5.02 Å². The minimum absolute atomic E-state index is 0.204. The third-order valence-electron chi connectivity index (χ3n) is 1.64. The second kappa shape index (κ2) is 4.54. The number of halogens is 1. The molecule has 3 nitrogen and oxygen atoms in total. The molecule has 2 aliphatic carbocycles. The first kappa shape index (κ1) is 10.4. The number of benzene rings is 1. The molecule has 0 unspecified atom stereocenters. The van der Waals surface area contributed by atoms with Gasteiger partial charge in [-0.25, -0.2) is 4.79 Å². The molecule has 0 atom stereocenters. The zero-order valence-electron chi connectivity index (χ0n) is 7.38.